The quantitative estimate of drug-likeness (QED) is 0.808. The van der Waals surface area contributed by atoms with Gasteiger partial charge in [-0.2, -0.15) is 0 Å². The number of oxazole rings is 1. The Morgan fingerprint density at radius 3 is 2.76 bits per heavy atom. The third-order valence-electron chi connectivity index (χ3n) is 2.88. The van der Waals surface area contributed by atoms with E-state index in [0.717, 1.165) is 18.2 Å². The van der Waals surface area contributed by atoms with Crippen LogP contribution in [0.15, 0.2) is 29.0 Å². The summed E-state index contributed by atoms with van der Waals surface area (Å²) in [6.07, 6.45) is 4.00. The molecule has 110 valence electrons. The normalized spacial score (nSPS) is 10.3. The number of pyridine rings is 1. The molecule has 7 heteroatoms. The van der Waals surface area contributed by atoms with Crippen LogP contribution in [0.3, 0.4) is 0 Å². The van der Waals surface area contributed by atoms with Gasteiger partial charge in [-0.15, -0.1) is 0 Å². The Bertz CT molecular complexity index is 634. The van der Waals surface area contributed by atoms with Gasteiger partial charge in [0, 0.05) is 11.9 Å². The number of carbonyl (C=O) groups is 2. The molecule has 0 aliphatic carbocycles. The first kappa shape index (κ1) is 14.7. The zero-order valence-corrected chi connectivity index (χ0v) is 11.6. The summed E-state index contributed by atoms with van der Waals surface area (Å²) in [7, 11) is 0. The van der Waals surface area contributed by atoms with Crippen molar-refractivity contribution in [2.45, 2.75) is 26.3 Å². The van der Waals surface area contributed by atoms with E-state index in [2.05, 4.69) is 15.3 Å². The maximum absolute atomic E-state index is 11.8. The van der Waals surface area contributed by atoms with Crippen molar-refractivity contribution in [3.63, 3.8) is 0 Å². The van der Waals surface area contributed by atoms with Gasteiger partial charge in [-0.05, 0) is 18.1 Å². The zero-order chi connectivity index (χ0) is 15.2. The number of nitrogens with zero attached hydrogens (tertiary/aromatic N) is 2. The summed E-state index contributed by atoms with van der Waals surface area (Å²) < 4.78 is 5.01. The first-order valence-corrected chi connectivity index (χ1v) is 6.53. The lowest BCUT2D eigenvalue weighted by molar-refractivity contribution is -0.120. The van der Waals surface area contributed by atoms with Crippen LogP contribution in [-0.2, 0) is 24.2 Å². The molecule has 2 rings (SSSR count). The van der Waals surface area contributed by atoms with E-state index in [9.17, 15) is 9.59 Å². The van der Waals surface area contributed by atoms with Gasteiger partial charge in [-0.25, -0.2) is 4.98 Å². The van der Waals surface area contributed by atoms with Gasteiger partial charge < -0.3 is 15.5 Å². The molecular weight excluding hydrogens is 272 g/mol. The molecular formula is C14H16N4O3. The van der Waals surface area contributed by atoms with Crippen LogP contribution >= 0.6 is 0 Å². The molecule has 0 spiro atoms. The Morgan fingerprint density at radius 1 is 1.38 bits per heavy atom. The van der Waals surface area contributed by atoms with E-state index in [1.165, 1.54) is 0 Å². The second kappa shape index (κ2) is 6.65. The highest BCUT2D eigenvalue weighted by Crippen LogP contribution is 2.03. The van der Waals surface area contributed by atoms with E-state index < -0.39 is 5.91 Å². The first-order valence-electron chi connectivity index (χ1n) is 6.53. The number of amides is 2. The Morgan fingerprint density at radius 2 is 2.19 bits per heavy atom. The molecule has 0 aliphatic rings. The number of hydrogen-bond donors (Lipinski definition) is 2. The number of aryl methyl sites for hydroxylation is 1. The van der Waals surface area contributed by atoms with E-state index in [4.69, 9.17) is 10.2 Å². The summed E-state index contributed by atoms with van der Waals surface area (Å²) in [6.45, 7) is 2.14. The van der Waals surface area contributed by atoms with Crippen LogP contribution in [0.1, 0.15) is 34.6 Å². The minimum Gasteiger partial charge on any atom is -0.446 e. The highest BCUT2D eigenvalue weighted by atomic mass is 16.3. The van der Waals surface area contributed by atoms with Crippen LogP contribution in [0.5, 0.6) is 0 Å². The Hall–Kier alpha value is -2.70. The monoisotopic (exact) mass is 288 g/mol. The molecule has 0 fully saturated rings. The van der Waals surface area contributed by atoms with Crippen LogP contribution in [-0.4, -0.2) is 21.8 Å². The van der Waals surface area contributed by atoms with Crippen molar-refractivity contribution in [1.29, 1.82) is 0 Å². The number of nitrogens with two attached hydrogens (primary N) is 1. The second-order valence-electron chi connectivity index (χ2n) is 4.46. The van der Waals surface area contributed by atoms with Crippen molar-refractivity contribution in [2.75, 3.05) is 0 Å². The minimum atomic E-state index is -0.670. The van der Waals surface area contributed by atoms with E-state index in [0.29, 0.717) is 5.69 Å². The second-order valence-corrected chi connectivity index (χ2v) is 4.46. The molecule has 3 N–H and O–H groups in total. The third kappa shape index (κ3) is 4.13. The summed E-state index contributed by atoms with van der Waals surface area (Å²) in [5.41, 5.74) is 6.90. The fraction of sp³-hybridized carbons (Fsp3) is 0.286. The van der Waals surface area contributed by atoms with E-state index >= 15 is 0 Å². The Balaban J connectivity index is 1.84. The largest absolute Gasteiger partial charge is 0.446 e. The van der Waals surface area contributed by atoms with Crippen molar-refractivity contribution in [3.05, 3.63) is 47.4 Å². The SMILES string of the molecule is CCc1ccc(CC(=O)NCc2nc(C(N)=O)co2)nc1. The van der Waals surface area contributed by atoms with Gasteiger partial charge >= 0.3 is 0 Å². The van der Waals surface area contributed by atoms with E-state index in [-0.39, 0.29) is 30.5 Å². The summed E-state index contributed by atoms with van der Waals surface area (Å²) in [4.78, 5) is 30.7. The molecule has 0 unspecified atom stereocenters. The lowest BCUT2D eigenvalue weighted by Crippen LogP contribution is -2.25. The van der Waals surface area contributed by atoms with Gasteiger partial charge in [0.2, 0.25) is 11.8 Å². The number of carbonyl (C=O) groups excluding carboxylic acids is 2. The van der Waals surface area contributed by atoms with E-state index in [1.807, 2.05) is 19.1 Å². The van der Waals surface area contributed by atoms with Gasteiger partial charge in [-0.3, -0.25) is 14.6 Å². The van der Waals surface area contributed by atoms with Crippen molar-refractivity contribution in [2.24, 2.45) is 5.73 Å². The lowest BCUT2D eigenvalue weighted by Gasteiger charge is -2.03. The van der Waals surface area contributed by atoms with Crippen LogP contribution in [0.4, 0.5) is 0 Å². The topological polar surface area (TPSA) is 111 Å². The molecule has 0 atom stereocenters. The first-order chi connectivity index (χ1) is 10.1. The fourth-order valence-corrected chi connectivity index (χ4v) is 1.68. The van der Waals surface area contributed by atoms with Crippen molar-refractivity contribution < 1.29 is 14.0 Å². The van der Waals surface area contributed by atoms with Gasteiger partial charge in [0.05, 0.1) is 13.0 Å². The van der Waals surface area contributed by atoms with Gasteiger partial charge in [0.15, 0.2) is 5.69 Å². The average Bonchev–Trinajstić information content (AvgIpc) is 2.95. The molecule has 0 bridgehead atoms. The van der Waals surface area contributed by atoms with Gasteiger partial charge in [0.1, 0.15) is 6.26 Å². The third-order valence-corrected chi connectivity index (χ3v) is 2.88. The summed E-state index contributed by atoms with van der Waals surface area (Å²) in [5, 5.41) is 2.64. The van der Waals surface area contributed by atoms with Gasteiger partial charge in [0.25, 0.3) is 5.91 Å². The van der Waals surface area contributed by atoms with Crippen LogP contribution in [0.2, 0.25) is 0 Å². The molecule has 0 aromatic carbocycles. The number of rotatable bonds is 6. The predicted molar refractivity (Wildman–Crippen MR) is 74.2 cm³/mol. The molecule has 2 amide bonds. The Labute approximate surface area is 121 Å². The summed E-state index contributed by atoms with van der Waals surface area (Å²) >= 11 is 0. The lowest BCUT2D eigenvalue weighted by atomic mass is 10.2. The van der Waals surface area contributed by atoms with Gasteiger partial charge in [-0.1, -0.05) is 13.0 Å². The molecule has 0 radical (unpaired) electrons. The van der Waals surface area contributed by atoms with Crippen LogP contribution in [0, 0.1) is 0 Å². The maximum Gasteiger partial charge on any atom is 0.270 e. The molecule has 0 saturated carbocycles. The smallest absolute Gasteiger partial charge is 0.270 e. The number of nitrogens with one attached hydrogen (secondary N) is 1. The molecule has 2 aromatic heterocycles. The van der Waals surface area contributed by atoms with Crippen molar-refractivity contribution in [3.8, 4) is 0 Å². The number of aromatic nitrogens is 2. The molecule has 2 heterocycles. The van der Waals surface area contributed by atoms with Crippen molar-refractivity contribution in [1.82, 2.24) is 15.3 Å². The molecule has 0 aliphatic heterocycles. The molecule has 2 aromatic rings. The Kier molecular flexibility index (Phi) is 4.65. The summed E-state index contributed by atoms with van der Waals surface area (Å²) in [5.74, 6) is -0.645. The predicted octanol–water partition coefficient (Wildman–Crippen LogP) is 0.590. The highest BCUT2D eigenvalue weighted by molar-refractivity contribution is 5.90. The zero-order valence-electron chi connectivity index (χ0n) is 11.6. The minimum absolute atomic E-state index is 0.0380. The van der Waals surface area contributed by atoms with Crippen LogP contribution in [0.25, 0.3) is 0 Å². The van der Waals surface area contributed by atoms with Crippen molar-refractivity contribution >= 4 is 11.8 Å². The molecule has 21 heavy (non-hydrogen) atoms. The average molecular weight is 288 g/mol. The summed E-state index contributed by atoms with van der Waals surface area (Å²) in [6, 6.07) is 3.78. The standard InChI is InChI=1S/C14H16N4O3/c1-2-9-3-4-10(16-6-9)5-12(19)17-7-13-18-11(8-21-13)14(15)20/h3-4,6,8H,2,5,7H2,1H3,(H2,15,20)(H,17,19). The van der Waals surface area contributed by atoms with E-state index in [1.54, 1.807) is 6.20 Å². The number of hydrogen-bond acceptors (Lipinski definition) is 5. The molecule has 7 nitrogen and oxygen atoms in total. The maximum atomic E-state index is 11.8. The molecule has 0 saturated heterocycles. The fourth-order valence-electron chi connectivity index (χ4n) is 1.68. The highest BCUT2D eigenvalue weighted by Gasteiger charge is 2.10. The number of primary amides is 1. The van der Waals surface area contributed by atoms with Crippen LogP contribution < -0.4 is 11.1 Å².